The van der Waals surface area contributed by atoms with Gasteiger partial charge in [-0.05, 0) is 24.2 Å². The molecule has 0 saturated heterocycles. The maximum absolute atomic E-state index is 9.60. The normalized spacial score (nSPS) is 57.4. The van der Waals surface area contributed by atoms with Crippen molar-refractivity contribution >= 4 is 0 Å². The lowest BCUT2D eigenvalue weighted by molar-refractivity contribution is 0.132. The Kier molecular flexibility index (Phi) is 0.972. The fourth-order valence-corrected chi connectivity index (χ4v) is 3.02. The van der Waals surface area contributed by atoms with Crippen molar-refractivity contribution in [1.82, 2.24) is 0 Å². The van der Waals surface area contributed by atoms with Crippen LogP contribution in [0.3, 0.4) is 0 Å². The molecule has 11 heavy (non-hydrogen) atoms. The van der Waals surface area contributed by atoms with Crippen LogP contribution in [0.2, 0.25) is 0 Å². The molecule has 1 nitrogen and oxygen atoms in total. The maximum atomic E-state index is 9.60. The molecule has 1 saturated carbocycles. The highest BCUT2D eigenvalue weighted by atomic mass is 16.3. The van der Waals surface area contributed by atoms with Crippen molar-refractivity contribution in [2.75, 3.05) is 0 Å². The van der Waals surface area contributed by atoms with Crippen molar-refractivity contribution in [3.8, 4) is 0 Å². The summed E-state index contributed by atoms with van der Waals surface area (Å²) in [5, 5.41) is 9.60. The van der Waals surface area contributed by atoms with Gasteiger partial charge in [-0.3, -0.25) is 0 Å². The first-order valence-electron chi connectivity index (χ1n) is 4.41. The largest absolute Gasteiger partial charge is 0.389 e. The second-order valence-corrected chi connectivity index (χ2v) is 3.98. The molecule has 58 valence electrons. The van der Waals surface area contributed by atoms with Gasteiger partial charge < -0.3 is 5.11 Å². The van der Waals surface area contributed by atoms with Crippen LogP contribution in [0, 0.1) is 23.7 Å². The van der Waals surface area contributed by atoms with Gasteiger partial charge in [0.1, 0.15) is 0 Å². The van der Waals surface area contributed by atoms with Crippen LogP contribution in [0.5, 0.6) is 0 Å². The smallest absolute Gasteiger partial charge is 0.0760 e. The van der Waals surface area contributed by atoms with E-state index < -0.39 is 0 Å². The van der Waals surface area contributed by atoms with E-state index in [4.69, 9.17) is 0 Å². The minimum atomic E-state index is -0.153. The van der Waals surface area contributed by atoms with Crippen molar-refractivity contribution in [3.63, 3.8) is 0 Å². The first-order valence-corrected chi connectivity index (χ1v) is 4.41. The number of aliphatic hydroxyl groups is 1. The molecule has 2 bridgehead atoms. The summed E-state index contributed by atoms with van der Waals surface area (Å²) in [6.07, 6.45) is 9.94. The zero-order valence-corrected chi connectivity index (χ0v) is 6.35. The summed E-state index contributed by atoms with van der Waals surface area (Å²) in [6, 6.07) is 0. The summed E-state index contributed by atoms with van der Waals surface area (Å²) in [7, 11) is 0. The second kappa shape index (κ2) is 1.78. The van der Waals surface area contributed by atoms with Gasteiger partial charge >= 0.3 is 0 Å². The van der Waals surface area contributed by atoms with Gasteiger partial charge in [0, 0.05) is 5.92 Å². The standard InChI is InChI=1S/C10H12O/c11-9-4-3-8-6-1-2-7(5-6)10(8)9/h1-4,6-11H,5H2/t6-,7+,8+,9+,10-/m1/s1. The predicted molar refractivity (Wildman–Crippen MR) is 42.9 cm³/mol. The first-order chi connectivity index (χ1) is 5.36. The lowest BCUT2D eigenvalue weighted by Gasteiger charge is -2.22. The summed E-state index contributed by atoms with van der Waals surface area (Å²) in [5.41, 5.74) is 0. The van der Waals surface area contributed by atoms with Crippen molar-refractivity contribution in [2.24, 2.45) is 23.7 Å². The summed E-state index contributed by atoms with van der Waals surface area (Å²) in [4.78, 5) is 0. The van der Waals surface area contributed by atoms with Gasteiger partial charge in [0.25, 0.3) is 0 Å². The highest BCUT2D eigenvalue weighted by Crippen LogP contribution is 2.52. The van der Waals surface area contributed by atoms with E-state index >= 15 is 0 Å². The minimum absolute atomic E-state index is 0.153. The fraction of sp³-hybridized carbons (Fsp3) is 0.600. The lowest BCUT2D eigenvalue weighted by atomic mass is 9.84. The molecule has 0 heterocycles. The molecule has 3 aliphatic rings. The number of hydrogen-bond acceptors (Lipinski definition) is 1. The maximum Gasteiger partial charge on any atom is 0.0760 e. The minimum Gasteiger partial charge on any atom is -0.389 e. The number of aliphatic hydroxyl groups excluding tert-OH is 1. The third-order valence-corrected chi connectivity index (χ3v) is 3.51. The van der Waals surface area contributed by atoms with Crippen LogP contribution in [0.1, 0.15) is 6.42 Å². The molecule has 1 N–H and O–H groups in total. The molecule has 1 fully saturated rings. The topological polar surface area (TPSA) is 20.2 Å². The van der Waals surface area contributed by atoms with Crippen molar-refractivity contribution in [1.29, 1.82) is 0 Å². The van der Waals surface area contributed by atoms with Gasteiger partial charge in [-0.1, -0.05) is 24.3 Å². The molecule has 0 aromatic rings. The monoisotopic (exact) mass is 148 g/mol. The van der Waals surface area contributed by atoms with Crippen LogP contribution >= 0.6 is 0 Å². The summed E-state index contributed by atoms with van der Waals surface area (Å²) in [6.45, 7) is 0. The fourth-order valence-electron chi connectivity index (χ4n) is 3.02. The average molecular weight is 148 g/mol. The van der Waals surface area contributed by atoms with E-state index in [1.807, 2.05) is 6.08 Å². The summed E-state index contributed by atoms with van der Waals surface area (Å²) in [5.74, 6) is 2.62. The van der Waals surface area contributed by atoms with Crippen molar-refractivity contribution in [3.05, 3.63) is 24.3 Å². The number of allylic oxidation sites excluding steroid dienone is 3. The molecule has 0 aromatic carbocycles. The van der Waals surface area contributed by atoms with Gasteiger partial charge in [-0.2, -0.15) is 0 Å². The quantitative estimate of drug-likeness (QED) is 0.514. The zero-order chi connectivity index (χ0) is 7.42. The van der Waals surface area contributed by atoms with E-state index in [1.54, 1.807) is 0 Å². The molecular formula is C10H12O. The molecule has 5 atom stereocenters. The average Bonchev–Trinajstić information content (AvgIpc) is 2.60. The molecule has 3 aliphatic carbocycles. The van der Waals surface area contributed by atoms with Crippen LogP contribution in [-0.2, 0) is 0 Å². The third kappa shape index (κ3) is 0.603. The molecule has 0 unspecified atom stereocenters. The van der Waals surface area contributed by atoms with E-state index in [0.29, 0.717) is 17.8 Å². The van der Waals surface area contributed by atoms with E-state index in [-0.39, 0.29) is 6.10 Å². The molecule has 0 aliphatic heterocycles. The third-order valence-electron chi connectivity index (χ3n) is 3.51. The van der Waals surface area contributed by atoms with E-state index in [9.17, 15) is 5.11 Å². The Labute approximate surface area is 66.4 Å². The first kappa shape index (κ1) is 6.01. The Bertz CT molecular complexity index is 241. The molecule has 0 amide bonds. The van der Waals surface area contributed by atoms with E-state index in [1.165, 1.54) is 6.42 Å². The Morgan fingerprint density at radius 3 is 2.64 bits per heavy atom. The van der Waals surface area contributed by atoms with E-state index in [2.05, 4.69) is 18.2 Å². The summed E-state index contributed by atoms with van der Waals surface area (Å²) < 4.78 is 0. The van der Waals surface area contributed by atoms with Gasteiger partial charge in [-0.15, -0.1) is 0 Å². The Morgan fingerprint density at radius 2 is 1.82 bits per heavy atom. The second-order valence-electron chi connectivity index (χ2n) is 3.98. The Balaban J connectivity index is 2.02. The van der Waals surface area contributed by atoms with Crippen molar-refractivity contribution < 1.29 is 5.11 Å². The summed E-state index contributed by atoms with van der Waals surface area (Å²) >= 11 is 0. The van der Waals surface area contributed by atoms with Gasteiger partial charge in [0.05, 0.1) is 6.10 Å². The highest BCUT2D eigenvalue weighted by molar-refractivity contribution is 5.24. The van der Waals surface area contributed by atoms with Gasteiger partial charge in [0.15, 0.2) is 0 Å². The van der Waals surface area contributed by atoms with Gasteiger partial charge in [0.2, 0.25) is 0 Å². The van der Waals surface area contributed by atoms with Crippen LogP contribution < -0.4 is 0 Å². The molecule has 0 radical (unpaired) electrons. The Morgan fingerprint density at radius 1 is 1.00 bits per heavy atom. The number of fused-ring (bicyclic) bond motifs is 5. The predicted octanol–water partition coefficient (Wildman–Crippen LogP) is 1.36. The van der Waals surface area contributed by atoms with Crippen LogP contribution in [0.15, 0.2) is 24.3 Å². The van der Waals surface area contributed by atoms with Crippen LogP contribution in [0.25, 0.3) is 0 Å². The lowest BCUT2D eigenvalue weighted by Crippen LogP contribution is -2.23. The zero-order valence-electron chi connectivity index (χ0n) is 6.35. The molecule has 0 aromatic heterocycles. The molecule has 1 heteroatoms. The Hall–Kier alpha value is -0.560. The number of rotatable bonds is 0. The van der Waals surface area contributed by atoms with E-state index in [0.717, 1.165) is 5.92 Å². The SMILES string of the molecule is O[C@H]1C=C[C@@H]2[C@H]1[C@H]1C=C[C@@H]2C1. The molecule has 0 spiro atoms. The van der Waals surface area contributed by atoms with Crippen LogP contribution in [-0.4, -0.2) is 11.2 Å². The van der Waals surface area contributed by atoms with Gasteiger partial charge in [-0.25, -0.2) is 0 Å². The highest BCUT2D eigenvalue weighted by Gasteiger charge is 2.48. The molecular weight excluding hydrogens is 136 g/mol. The van der Waals surface area contributed by atoms with Crippen molar-refractivity contribution in [2.45, 2.75) is 12.5 Å². The molecule has 3 rings (SSSR count). The number of hydrogen-bond donors (Lipinski definition) is 1. The van der Waals surface area contributed by atoms with Crippen LogP contribution in [0.4, 0.5) is 0 Å².